The van der Waals surface area contributed by atoms with Crippen molar-refractivity contribution in [1.82, 2.24) is 5.32 Å². The lowest BCUT2D eigenvalue weighted by atomic mass is 9.75. The van der Waals surface area contributed by atoms with Gasteiger partial charge in [-0.2, -0.15) is 13.2 Å². The molecular formula is C13H14F3NO. The molecule has 3 rings (SSSR count). The number of halogens is 3. The third-order valence-corrected chi connectivity index (χ3v) is 3.94. The quantitative estimate of drug-likeness (QED) is 0.771. The normalized spacial score (nSPS) is 21.7. The minimum Gasteiger partial charge on any atom is -0.492 e. The van der Waals surface area contributed by atoms with Gasteiger partial charge in [0.2, 0.25) is 0 Å². The molecule has 0 saturated carbocycles. The largest absolute Gasteiger partial charge is 0.492 e. The van der Waals surface area contributed by atoms with Gasteiger partial charge in [-0.15, -0.1) is 0 Å². The second kappa shape index (κ2) is 3.88. The number of ether oxygens (including phenoxy) is 1. The fourth-order valence-electron chi connectivity index (χ4n) is 2.87. The second-order valence-electron chi connectivity index (χ2n) is 5.03. The van der Waals surface area contributed by atoms with Crippen LogP contribution in [-0.2, 0) is 11.6 Å². The molecule has 98 valence electrons. The molecule has 1 spiro atoms. The molecule has 18 heavy (non-hydrogen) atoms. The molecule has 0 aliphatic carbocycles. The van der Waals surface area contributed by atoms with Crippen molar-refractivity contribution in [2.75, 3.05) is 19.7 Å². The SMILES string of the molecule is FC(F)(F)c1ccc2c(c1)OCC21CCNCC1. The zero-order chi connectivity index (χ0) is 12.8. The molecule has 2 aliphatic rings. The number of benzene rings is 1. The van der Waals surface area contributed by atoms with Gasteiger partial charge < -0.3 is 10.1 Å². The number of alkyl halides is 3. The molecule has 0 radical (unpaired) electrons. The van der Waals surface area contributed by atoms with E-state index in [9.17, 15) is 13.2 Å². The summed E-state index contributed by atoms with van der Waals surface area (Å²) in [6.45, 7) is 2.29. The molecule has 0 aromatic heterocycles. The predicted molar refractivity (Wildman–Crippen MR) is 60.7 cm³/mol. The highest BCUT2D eigenvalue weighted by Crippen LogP contribution is 2.46. The number of piperidine rings is 1. The standard InChI is InChI=1S/C13H14F3NO/c14-13(15,16)9-1-2-10-11(7-9)18-8-12(10)3-5-17-6-4-12/h1-2,7,17H,3-6,8H2. The highest BCUT2D eigenvalue weighted by molar-refractivity contribution is 5.47. The Kier molecular flexibility index (Phi) is 2.55. The molecule has 0 unspecified atom stereocenters. The molecule has 0 atom stereocenters. The topological polar surface area (TPSA) is 21.3 Å². The summed E-state index contributed by atoms with van der Waals surface area (Å²) in [5.41, 5.74) is 0.231. The van der Waals surface area contributed by atoms with Crippen molar-refractivity contribution in [3.05, 3.63) is 29.3 Å². The Labute approximate surface area is 103 Å². The first-order valence-electron chi connectivity index (χ1n) is 6.07. The summed E-state index contributed by atoms with van der Waals surface area (Å²) >= 11 is 0. The van der Waals surface area contributed by atoms with Gasteiger partial charge in [0.1, 0.15) is 5.75 Å². The number of hydrogen-bond acceptors (Lipinski definition) is 2. The van der Waals surface area contributed by atoms with Gasteiger partial charge in [0.25, 0.3) is 0 Å². The Balaban J connectivity index is 1.98. The van der Waals surface area contributed by atoms with Crippen LogP contribution < -0.4 is 10.1 Å². The van der Waals surface area contributed by atoms with Crippen molar-refractivity contribution in [3.8, 4) is 5.75 Å². The Morgan fingerprint density at radius 3 is 2.56 bits per heavy atom. The van der Waals surface area contributed by atoms with E-state index in [4.69, 9.17) is 4.74 Å². The number of rotatable bonds is 0. The maximum atomic E-state index is 12.6. The average molecular weight is 257 g/mol. The molecule has 2 heterocycles. The van der Waals surface area contributed by atoms with Crippen molar-refractivity contribution in [3.63, 3.8) is 0 Å². The fourth-order valence-corrected chi connectivity index (χ4v) is 2.87. The smallest absolute Gasteiger partial charge is 0.416 e. The van der Waals surface area contributed by atoms with Crippen LogP contribution >= 0.6 is 0 Å². The fraction of sp³-hybridized carbons (Fsp3) is 0.538. The molecule has 1 aromatic carbocycles. The predicted octanol–water partition coefficient (Wildman–Crippen LogP) is 2.72. The number of nitrogens with one attached hydrogen (secondary N) is 1. The van der Waals surface area contributed by atoms with Gasteiger partial charge in [0, 0.05) is 11.0 Å². The summed E-state index contributed by atoms with van der Waals surface area (Å²) in [5.74, 6) is 0.409. The molecule has 1 saturated heterocycles. The van der Waals surface area contributed by atoms with Gasteiger partial charge in [-0.25, -0.2) is 0 Å². The van der Waals surface area contributed by atoms with Crippen LogP contribution in [0.2, 0.25) is 0 Å². The molecule has 0 amide bonds. The maximum absolute atomic E-state index is 12.6. The zero-order valence-electron chi connectivity index (χ0n) is 9.81. The van der Waals surface area contributed by atoms with Crippen LogP contribution in [0.3, 0.4) is 0 Å². The first kappa shape index (κ1) is 11.8. The van der Waals surface area contributed by atoms with Gasteiger partial charge in [-0.05, 0) is 38.1 Å². The van der Waals surface area contributed by atoms with Gasteiger partial charge in [0.05, 0.1) is 12.2 Å². The van der Waals surface area contributed by atoms with Crippen molar-refractivity contribution in [2.24, 2.45) is 0 Å². The lowest BCUT2D eigenvalue weighted by molar-refractivity contribution is -0.137. The lowest BCUT2D eigenvalue weighted by Crippen LogP contribution is -2.40. The van der Waals surface area contributed by atoms with Gasteiger partial charge in [-0.3, -0.25) is 0 Å². The highest BCUT2D eigenvalue weighted by atomic mass is 19.4. The van der Waals surface area contributed by atoms with Crippen LogP contribution in [0.15, 0.2) is 18.2 Å². The van der Waals surface area contributed by atoms with E-state index in [0.717, 1.165) is 43.6 Å². The summed E-state index contributed by atoms with van der Waals surface area (Å²) in [7, 11) is 0. The minimum atomic E-state index is -4.30. The molecule has 2 aliphatic heterocycles. The van der Waals surface area contributed by atoms with Crippen LogP contribution in [-0.4, -0.2) is 19.7 Å². The van der Waals surface area contributed by atoms with E-state index in [0.29, 0.717) is 12.4 Å². The van der Waals surface area contributed by atoms with Crippen molar-refractivity contribution in [2.45, 2.75) is 24.4 Å². The first-order valence-corrected chi connectivity index (χ1v) is 6.07. The average Bonchev–Trinajstić information content (AvgIpc) is 2.68. The maximum Gasteiger partial charge on any atom is 0.416 e. The summed E-state index contributed by atoms with van der Waals surface area (Å²) in [5, 5.41) is 3.27. The zero-order valence-corrected chi connectivity index (χ0v) is 9.81. The summed E-state index contributed by atoms with van der Waals surface area (Å²) in [6, 6.07) is 3.89. The Hall–Kier alpha value is -1.23. The van der Waals surface area contributed by atoms with Crippen LogP contribution in [0.25, 0.3) is 0 Å². The van der Waals surface area contributed by atoms with Gasteiger partial charge in [-0.1, -0.05) is 6.07 Å². The van der Waals surface area contributed by atoms with Crippen LogP contribution in [0, 0.1) is 0 Å². The van der Waals surface area contributed by atoms with Crippen LogP contribution in [0.5, 0.6) is 5.75 Å². The summed E-state index contributed by atoms with van der Waals surface area (Å²) in [4.78, 5) is 0. The minimum absolute atomic E-state index is 0.0787. The molecule has 1 aromatic rings. The molecule has 0 bridgehead atoms. The summed E-state index contributed by atoms with van der Waals surface area (Å²) in [6.07, 6.45) is -2.46. The van der Waals surface area contributed by atoms with E-state index in [-0.39, 0.29) is 5.41 Å². The molecule has 2 nitrogen and oxygen atoms in total. The number of hydrogen-bond donors (Lipinski definition) is 1. The van der Waals surface area contributed by atoms with E-state index in [1.54, 1.807) is 6.07 Å². The Bertz CT molecular complexity index is 464. The first-order chi connectivity index (χ1) is 8.51. The van der Waals surface area contributed by atoms with E-state index in [1.807, 2.05) is 0 Å². The highest BCUT2D eigenvalue weighted by Gasteiger charge is 2.42. The third kappa shape index (κ3) is 1.77. The van der Waals surface area contributed by atoms with Crippen LogP contribution in [0.4, 0.5) is 13.2 Å². The van der Waals surface area contributed by atoms with Crippen molar-refractivity contribution < 1.29 is 17.9 Å². The van der Waals surface area contributed by atoms with E-state index in [2.05, 4.69) is 5.32 Å². The van der Waals surface area contributed by atoms with E-state index >= 15 is 0 Å². The summed E-state index contributed by atoms with van der Waals surface area (Å²) < 4.78 is 43.4. The van der Waals surface area contributed by atoms with Gasteiger partial charge in [0.15, 0.2) is 0 Å². The molecular weight excluding hydrogens is 243 g/mol. The Morgan fingerprint density at radius 1 is 1.17 bits per heavy atom. The van der Waals surface area contributed by atoms with Crippen LogP contribution in [0.1, 0.15) is 24.0 Å². The van der Waals surface area contributed by atoms with Crippen molar-refractivity contribution >= 4 is 0 Å². The monoisotopic (exact) mass is 257 g/mol. The third-order valence-electron chi connectivity index (χ3n) is 3.94. The Morgan fingerprint density at radius 2 is 1.89 bits per heavy atom. The van der Waals surface area contributed by atoms with Crippen molar-refractivity contribution in [1.29, 1.82) is 0 Å². The molecule has 5 heteroatoms. The molecule has 1 fully saturated rings. The van der Waals surface area contributed by atoms with Gasteiger partial charge >= 0.3 is 6.18 Å². The number of fused-ring (bicyclic) bond motifs is 2. The second-order valence-corrected chi connectivity index (χ2v) is 5.03. The van der Waals surface area contributed by atoms with E-state index in [1.165, 1.54) is 0 Å². The van der Waals surface area contributed by atoms with E-state index < -0.39 is 11.7 Å². The molecule has 1 N–H and O–H groups in total. The lowest BCUT2D eigenvalue weighted by Gasteiger charge is -2.32.